The van der Waals surface area contributed by atoms with Crippen LogP contribution in [0.5, 0.6) is 5.75 Å². The quantitative estimate of drug-likeness (QED) is 0.659. The van der Waals surface area contributed by atoms with Crippen LogP contribution in [0.25, 0.3) is 0 Å². The normalized spacial score (nSPS) is 15.2. The first kappa shape index (κ1) is 23.5. The van der Waals surface area contributed by atoms with Crippen molar-refractivity contribution in [2.75, 3.05) is 37.3 Å². The van der Waals surface area contributed by atoms with Crippen LogP contribution in [0.2, 0.25) is 0 Å². The molecule has 0 saturated carbocycles. The van der Waals surface area contributed by atoms with Crippen LogP contribution in [0.1, 0.15) is 36.2 Å². The Balaban J connectivity index is 1.81. The molecule has 1 aliphatic rings. The Morgan fingerprint density at radius 2 is 1.88 bits per heavy atom. The number of nitriles is 1. The molecule has 1 aliphatic heterocycles. The van der Waals surface area contributed by atoms with Crippen molar-refractivity contribution in [3.8, 4) is 11.8 Å². The van der Waals surface area contributed by atoms with Crippen molar-refractivity contribution < 1.29 is 22.3 Å². The van der Waals surface area contributed by atoms with Crippen LogP contribution in [0.15, 0.2) is 41.3 Å². The van der Waals surface area contributed by atoms with Gasteiger partial charge in [0, 0.05) is 32.4 Å². The molecular weight excluding hydrogens is 433 g/mol. The first-order valence-corrected chi connectivity index (χ1v) is 12.3. The molecule has 1 unspecified atom stereocenters. The summed E-state index contributed by atoms with van der Waals surface area (Å²) in [5.74, 6) is -0.458. The van der Waals surface area contributed by atoms with Crippen LogP contribution < -0.4 is 9.64 Å². The molecule has 0 aliphatic carbocycles. The van der Waals surface area contributed by atoms with Crippen LogP contribution in [0.3, 0.4) is 0 Å². The van der Waals surface area contributed by atoms with E-state index in [4.69, 9.17) is 10.00 Å². The molecule has 32 heavy (non-hydrogen) atoms. The van der Waals surface area contributed by atoms with Crippen LogP contribution in [0, 0.1) is 17.1 Å². The van der Waals surface area contributed by atoms with Crippen LogP contribution >= 0.6 is 0 Å². The van der Waals surface area contributed by atoms with Gasteiger partial charge in [-0.05, 0) is 49.7 Å². The molecule has 2 aromatic carbocycles. The summed E-state index contributed by atoms with van der Waals surface area (Å²) in [6.45, 7) is 5.32. The van der Waals surface area contributed by atoms with Gasteiger partial charge in [0.15, 0.2) is 9.84 Å². The first-order chi connectivity index (χ1) is 15.1. The molecule has 170 valence electrons. The van der Waals surface area contributed by atoms with Gasteiger partial charge in [0.25, 0.3) is 5.91 Å². The molecule has 1 heterocycles. The second kappa shape index (κ2) is 9.57. The highest BCUT2D eigenvalue weighted by Gasteiger charge is 2.27. The fourth-order valence-electron chi connectivity index (χ4n) is 3.46. The number of nitrogens with zero attached hydrogens (tertiary/aromatic N) is 3. The SMILES string of the molecule is CCC(C)Oc1ccc(S(C)(=O)=O)cc1C(=O)N1CCN(c2ccc(C#N)cc2F)CC1. The molecule has 1 amide bonds. The summed E-state index contributed by atoms with van der Waals surface area (Å²) in [7, 11) is -3.49. The number of amides is 1. The minimum absolute atomic E-state index is 0.0515. The predicted molar refractivity (Wildman–Crippen MR) is 119 cm³/mol. The van der Waals surface area contributed by atoms with Gasteiger partial charge in [-0.1, -0.05) is 6.92 Å². The summed E-state index contributed by atoms with van der Waals surface area (Å²) in [5.41, 5.74) is 0.835. The monoisotopic (exact) mass is 459 g/mol. The molecule has 7 nitrogen and oxygen atoms in total. The molecule has 1 atom stereocenters. The van der Waals surface area contributed by atoms with Gasteiger partial charge in [0.1, 0.15) is 11.6 Å². The van der Waals surface area contributed by atoms with Crippen LogP contribution in [-0.4, -0.2) is 57.8 Å². The van der Waals surface area contributed by atoms with E-state index < -0.39 is 15.7 Å². The van der Waals surface area contributed by atoms with Crippen molar-refractivity contribution in [1.29, 1.82) is 5.26 Å². The third kappa shape index (κ3) is 5.19. The number of piperazine rings is 1. The van der Waals surface area contributed by atoms with E-state index in [0.717, 1.165) is 12.7 Å². The predicted octanol–water partition coefficient (Wildman–Crippen LogP) is 3.24. The van der Waals surface area contributed by atoms with E-state index in [0.29, 0.717) is 37.6 Å². The summed E-state index contributed by atoms with van der Waals surface area (Å²) in [6, 6.07) is 10.6. The van der Waals surface area contributed by atoms with Crippen molar-refractivity contribution in [2.45, 2.75) is 31.3 Å². The van der Waals surface area contributed by atoms with Gasteiger partial charge in [-0.3, -0.25) is 4.79 Å². The van der Waals surface area contributed by atoms with E-state index in [-0.39, 0.29) is 28.0 Å². The molecule has 1 fully saturated rings. The lowest BCUT2D eigenvalue weighted by Gasteiger charge is -2.36. The topological polar surface area (TPSA) is 90.7 Å². The number of anilines is 1. The Hall–Kier alpha value is -3.12. The summed E-state index contributed by atoms with van der Waals surface area (Å²) >= 11 is 0. The maximum absolute atomic E-state index is 14.4. The highest BCUT2D eigenvalue weighted by Crippen LogP contribution is 2.27. The maximum Gasteiger partial charge on any atom is 0.257 e. The number of rotatable bonds is 6. The summed E-state index contributed by atoms with van der Waals surface area (Å²) in [6.07, 6.45) is 1.69. The zero-order valence-electron chi connectivity index (χ0n) is 18.3. The smallest absolute Gasteiger partial charge is 0.257 e. The molecule has 0 N–H and O–H groups in total. The van der Waals surface area contributed by atoms with Gasteiger partial charge < -0.3 is 14.5 Å². The van der Waals surface area contributed by atoms with E-state index in [1.165, 1.54) is 24.3 Å². The third-order valence-electron chi connectivity index (χ3n) is 5.50. The molecule has 0 bridgehead atoms. The third-order valence-corrected chi connectivity index (χ3v) is 6.61. The number of hydrogen-bond acceptors (Lipinski definition) is 6. The molecule has 3 rings (SSSR count). The van der Waals surface area contributed by atoms with Crippen molar-refractivity contribution in [2.24, 2.45) is 0 Å². The molecule has 9 heteroatoms. The number of sulfone groups is 1. The van der Waals surface area contributed by atoms with Gasteiger partial charge in [-0.25, -0.2) is 12.8 Å². The van der Waals surface area contributed by atoms with Gasteiger partial charge in [-0.15, -0.1) is 0 Å². The van der Waals surface area contributed by atoms with E-state index >= 15 is 0 Å². The Kier molecular flexibility index (Phi) is 7.04. The second-order valence-electron chi connectivity index (χ2n) is 7.82. The second-order valence-corrected chi connectivity index (χ2v) is 9.84. The van der Waals surface area contributed by atoms with Crippen LogP contribution in [0.4, 0.5) is 10.1 Å². The summed E-state index contributed by atoms with van der Waals surface area (Å²) in [4.78, 5) is 16.8. The number of carbonyl (C=O) groups is 1. The molecule has 1 saturated heterocycles. The number of carbonyl (C=O) groups excluding carboxylic acids is 1. The number of hydrogen-bond donors (Lipinski definition) is 0. The highest BCUT2D eigenvalue weighted by molar-refractivity contribution is 7.90. The van der Waals surface area contributed by atoms with Crippen molar-refractivity contribution in [1.82, 2.24) is 4.90 Å². The fraction of sp³-hybridized carbons (Fsp3) is 0.391. The Morgan fingerprint density at radius 3 is 2.44 bits per heavy atom. The fourth-order valence-corrected chi connectivity index (χ4v) is 4.11. The Bertz CT molecular complexity index is 1150. The molecule has 0 spiro atoms. The van der Waals surface area contributed by atoms with E-state index in [1.807, 2.05) is 24.8 Å². The Morgan fingerprint density at radius 1 is 1.19 bits per heavy atom. The van der Waals surface area contributed by atoms with E-state index in [2.05, 4.69) is 0 Å². The van der Waals surface area contributed by atoms with Gasteiger partial charge in [0.2, 0.25) is 0 Å². The Labute approximate surface area is 187 Å². The highest BCUT2D eigenvalue weighted by atomic mass is 32.2. The number of ether oxygens (including phenoxy) is 1. The zero-order valence-corrected chi connectivity index (χ0v) is 19.2. The molecular formula is C23H26FN3O4S. The van der Waals surface area contributed by atoms with Gasteiger partial charge in [0.05, 0.1) is 33.9 Å². The lowest BCUT2D eigenvalue weighted by molar-refractivity contribution is 0.0739. The lowest BCUT2D eigenvalue weighted by Crippen LogP contribution is -2.49. The summed E-state index contributed by atoms with van der Waals surface area (Å²) in [5, 5.41) is 8.91. The number of benzene rings is 2. The number of halogens is 1. The molecule has 0 aromatic heterocycles. The van der Waals surface area contributed by atoms with Crippen molar-refractivity contribution in [3.05, 3.63) is 53.3 Å². The minimum atomic E-state index is -3.49. The lowest BCUT2D eigenvalue weighted by atomic mass is 10.1. The standard InChI is InChI=1S/C23H26FN3O4S/c1-4-16(2)31-22-8-6-18(32(3,29)30)14-19(22)23(28)27-11-9-26(10-12-27)21-7-5-17(15-25)13-20(21)24/h5-8,13-14,16H,4,9-12H2,1-3H3. The summed E-state index contributed by atoms with van der Waals surface area (Å²) < 4.78 is 44.3. The maximum atomic E-state index is 14.4. The average molecular weight is 460 g/mol. The average Bonchev–Trinajstić information content (AvgIpc) is 2.78. The molecule has 0 radical (unpaired) electrons. The van der Waals surface area contributed by atoms with Crippen LogP contribution in [-0.2, 0) is 9.84 Å². The minimum Gasteiger partial charge on any atom is -0.490 e. The zero-order chi connectivity index (χ0) is 23.5. The van der Waals surface area contributed by atoms with E-state index in [1.54, 1.807) is 17.0 Å². The van der Waals surface area contributed by atoms with Gasteiger partial charge >= 0.3 is 0 Å². The van der Waals surface area contributed by atoms with Crippen molar-refractivity contribution >= 4 is 21.4 Å². The van der Waals surface area contributed by atoms with Crippen molar-refractivity contribution in [3.63, 3.8) is 0 Å². The van der Waals surface area contributed by atoms with E-state index in [9.17, 15) is 17.6 Å². The van der Waals surface area contributed by atoms with Gasteiger partial charge in [-0.2, -0.15) is 5.26 Å². The largest absolute Gasteiger partial charge is 0.490 e. The first-order valence-electron chi connectivity index (χ1n) is 10.4. The molecule has 2 aromatic rings.